The molecule has 4 nitrogen and oxygen atoms in total. The van der Waals surface area contributed by atoms with Crippen molar-refractivity contribution >= 4 is 5.84 Å². The standard InChI is InChI=1S/C4H10N4/c1-2-3(5)7-8-4(2)6/h2-3,7H,5H2,1H3,(H2,6,8). The van der Waals surface area contributed by atoms with Gasteiger partial charge < -0.3 is 11.5 Å². The monoisotopic (exact) mass is 114 g/mol. The van der Waals surface area contributed by atoms with E-state index < -0.39 is 0 Å². The first-order valence-corrected chi connectivity index (χ1v) is 2.56. The SMILES string of the molecule is CC1C(N)=NNC1N. The molecule has 1 aliphatic rings. The van der Waals surface area contributed by atoms with E-state index >= 15 is 0 Å². The molecule has 0 spiro atoms. The third kappa shape index (κ3) is 0.626. The molecule has 0 amide bonds. The minimum atomic E-state index is -0.0880. The fourth-order valence-corrected chi connectivity index (χ4v) is 0.547. The van der Waals surface area contributed by atoms with E-state index in [1.807, 2.05) is 6.92 Å². The number of hydrogen-bond donors (Lipinski definition) is 3. The molecule has 0 saturated carbocycles. The Bertz CT molecular complexity index is 119. The van der Waals surface area contributed by atoms with Gasteiger partial charge in [0.15, 0.2) is 0 Å². The van der Waals surface area contributed by atoms with Crippen LogP contribution < -0.4 is 16.9 Å². The number of nitrogens with two attached hydrogens (primary N) is 2. The molecule has 0 radical (unpaired) electrons. The quantitative estimate of drug-likeness (QED) is 0.369. The molecular formula is C4H10N4. The molecule has 5 N–H and O–H groups in total. The summed E-state index contributed by atoms with van der Waals surface area (Å²) in [7, 11) is 0. The van der Waals surface area contributed by atoms with Crippen molar-refractivity contribution in [2.75, 3.05) is 0 Å². The summed E-state index contributed by atoms with van der Waals surface area (Å²) in [6.45, 7) is 1.93. The lowest BCUT2D eigenvalue weighted by Gasteiger charge is -2.06. The van der Waals surface area contributed by atoms with Crippen LogP contribution in [0.3, 0.4) is 0 Å². The Hall–Kier alpha value is -0.770. The Labute approximate surface area is 47.9 Å². The van der Waals surface area contributed by atoms with E-state index in [-0.39, 0.29) is 12.1 Å². The molecule has 0 saturated heterocycles. The minimum Gasteiger partial charge on any atom is -0.385 e. The highest BCUT2D eigenvalue weighted by molar-refractivity contribution is 5.84. The zero-order chi connectivity index (χ0) is 6.15. The molecule has 0 aromatic carbocycles. The van der Waals surface area contributed by atoms with Gasteiger partial charge in [-0.1, -0.05) is 6.92 Å². The van der Waals surface area contributed by atoms with E-state index in [0.29, 0.717) is 5.84 Å². The third-order valence-corrected chi connectivity index (χ3v) is 1.35. The number of nitrogens with zero attached hydrogens (tertiary/aromatic N) is 1. The van der Waals surface area contributed by atoms with E-state index in [1.165, 1.54) is 0 Å². The molecule has 2 atom stereocenters. The molecule has 0 aliphatic carbocycles. The zero-order valence-electron chi connectivity index (χ0n) is 4.76. The molecule has 0 aromatic heterocycles. The summed E-state index contributed by atoms with van der Waals surface area (Å²) < 4.78 is 0. The lowest BCUT2D eigenvalue weighted by molar-refractivity contribution is 0.518. The van der Waals surface area contributed by atoms with Crippen molar-refractivity contribution in [2.45, 2.75) is 13.1 Å². The fraction of sp³-hybridized carbons (Fsp3) is 0.750. The summed E-state index contributed by atoms with van der Waals surface area (Å²) in [5, 5.41) is 3.72. The van der Waals surface area contributed by atoms with Gasteiger partial charge in [0, 0.05) is 0 Å². The van der Waals surface area contributed by atoms with Gasteiger partial charge in [0.1, 0.15) is 12.0 Å². The van der Waals surface area contributed by atoms with E-state index in [1.54, 1.807) is 0 Å². The van der Waals surface area contributed by atoms with Crippen LogP contribution in [-0.2, 0) is 0 Å². The number of nitrogens with one attached hydrogen (secondary N) is 1. The minimum absolute atomic E-state index is 0.0880. The summed E-state index contributed by atoms with van der Waals surface area (Å²) >= 11 is 0. The number of amidine groups is 1. The van der Waals surface area contributed by atoms with E-state index in [2.05, 4.69) is 10.5 Å². The normalized spacial score (nSPS) is 36.5. The Morgan fingerprint density at radius 2 is 2.38 bits per heavy atom. The molecule has 2 unspecified atom stereocenters. The highest BCUT2D eigenvalue weighted by Crippen LogP contribution is 2.02. The highest BCUT2D eigenvalue weighted by Gasteiger charge is 2.20. The van der Waals surface area contributed by atoms with Crippen LogP contribution in [0.4, 0.5) is 0 Å². The van der Waals surface area contributed by atoms with E-state index in [9.17, 15) is 0 Å². The first-order chi connectivity index (χ1) is 3.72. The average molecular weight is 114 g/mol. The number of rotatable bonds is 0. The van der Waals surface area contributed by atoms with Gasteiger partial charge >= 0.3 is 0 Å². The van der Waals surface area contributed by atoms with E-state index in [4.69, 9.17) is 11.5 Å². The van der Waals surface area contributed by atoms with Gasteiger partial charge in [0.2, 0.25) is 0 Å². The van der Waals surface area contributed by atoms with Crippen molar-refractivity contribution in [3.63, 3.8) is 0 Å². The fourth-order valence-electron chi connectivity index (χ4n) is 0.547. The second kappa shape index (κ2) is 1.63. The second-order valence-corrected chi connectivity index (χ2v) is 1.98. The topological polar surface area (TPSA) is 76.4 Å². The molecule has 8 heavy (non-hydrogen) atoms. The highest BCUT2D eigenvalue weighted by atomic mass is 15.4. The lowest BCUT2D eigenvalue weighted by atomic mass is 10.1. The molecule has 0 fully saturated rings. The zero-order valence-corrected chi connectivity index (χ0v) is 4.76. The predicted molar refractivity (Wildman–Crippen MR) is 31.9 cm³/mol. The van der Waals surface area contributed by atoms with Crippen LogP contribution in [-0.4, -0.2) is 12.0 Å². The largest absolute Gasteiger partial charge is 0.385 e. The summed E-state index contributed by atoms with van der Waals surface area (Å²) in [6.07, 6.45) is -0.0880. The van der Waals surface area contributed by atoms with Crippen LogP contribution in [0.5, 0.6) is 0 Å². The van der Waals surface area contributed by atoms with Crippen molar-refractivity contribution in [1.29, 1.82) is 0 Å². The van der Waals surface area contributed by atoms with Crippen LogP contribution in [0.1, 0.15) is 6.92 Å². The second-order valence-electron chi connectivity index (χ2n) is 1.98. The van der Waals surface area contributed by atoms with E-state index in [0.717, 1.165) is 0 Å². The predicted octanol–water partition coefficient (Wildman–Crippen LogP) is -1.22. The maximum absolute atomic E-state index is 5.46. The molecule has 0 bridgehead atoms. The van der Waals surface area contributed by atoms with Gasteiger partial charge in [-0.25, -0.2) is 0 Å². The average Bonchev–Trinajstić information content (AvgIpc) is 1.98. The van der Waals surface area contributed by atoms with Gasteiger partial charge in [0.25, 0.3) is 0 Å². The van der Waals surface area contributed by atoms with Gasteiger partial charge in [-0.3, -0.25) is 5.43 Å². The van der Waals surface area contributed by atoms with Crippen LogP contribution in [0.15, 0.2) is 5.10 Å². The van der Waals surface area contributed by atoms with Crippen LogP contribution in [0, 0.1) is 5.92 Å². The first-order valence-electron chi connectivity index (χ1n) is 2.56. The van der Waals surface area contributed by atoms with Gasteiger partial charge in [0.05, 0.1) is 5.92 Å². The summed E-state index contributed by atoms with van der Waals surface area (Å²) in [5.41, 5.74) is 13.5. The van der Waals surface area contributed by atoms with Crippen molar-refractivity contribution in [1.82, 2.24) is 5.43 Å². The van der Waals surface area contributed by atoms with Crippen LogP contribution in [0.2, 0.25) is 0 Å². The summed E-state index contributed by atoms with van der Waals surface area (Å²) in [5.74, 6) is 0.771. The summed E-state index contributed by atoms with van der Waals surface area (Å²) in [4.78, 5) is 0. The van der Waals surface area contributed by atoms with Crippen molar-refractivity contribution in [2.24, 2.45) is 22.5 Å². The maximum Gasteiger partial charge on any atom is 0.125 e. The first kappa shape index (κ1) is 5.37. The Kier molecular flexibility index (Phi) is 1.09. The molecule has 1 rings (SSSR count). The van der Waals surface area contributed by atoms with Crippen molar-refractivity contribution in [3.8, 4) is 0 Å². The number of hydrazone groups is 1. The van der Waals surface area contributed by atoms with Crippen LogP contribution in [0.25, 0.3) is 0 Å². The molecule has 1 heterocycles. The van der Waals surface area contributed by atoms with Crippen LogP contribution >= 0.6 is 0 Å². The maximum atomic E-state index is 5.46. The van der Waals surface area contributed by atoms with Gasteiger partial charge in [-0.05, 0) is 0 Å². The number of hydrogen-bond acceptors (Lipinski definition) is 4. The Morgan fingerprint density at radius 3 is 2.50 bits per heavy atom. The lowest BCUT2D eigenvalue weighted by Crippen LogP contribution is -2.37. The van der Waals surface area contributed by atoms with Crippen molar-refractivity contribution < 1.29 is 0 Å². The molecular weight excluding hydrogens is 104 g/mol. The Morgan fingerprint density at radius 1 is 1.75 bits per heavy atom. The van der Waals surface area contributed by atoms with Gasteiger partial charge in [-0.2, -0.15) is 5.10 Å². The Balaban J connectivity index is 2.59. The molecule has 1 aliphatic heterocycles. The summed E-state index contributed by atoms with van der Waals surface area (Å²) in [6, 6.07) is 0. The molecule has 0 aromatic rings. The molecule has 4 heteroatoms. The smallest absolute Gasteiger partial charge is 0.125 e. The van der Waals surface area contributed by atoms with Crippen molar-refractivity contribution in [3.05, 3.63) is 0 Å². The molecule has 46 valence electrons. The third-order valence-electron chi connectivity index (χ3n) is 1.35. The van der Waals surface area contributed by atoms with Gasteiger partial charge in [-0.15, -0.1) is 0 Å².